The summed E-state index contributed by atoms with van der Waals surface area (Å²) in [6.45, 7) is 6.41. The molecule has 8 heteroatoms. The molecule has 2 saturated carbocycles. The first-order chi connectivity index (χ1) is 19.8. The van der Waals surface area contributed by atoms with E-state index in [9.17, 15) is 18.5 Å². The van der Waals surface area contributed by atoms with Crippen LogP contribution in [0.15, 0.2) is 59.5 Å². The molecule has 3 atom stereocenters. The largest absolute Gasteiger partial charge is 0.462 e. The third-order valence-electron chi connectivity index (χ3n) is 9.99. The van der Waals surface area contributed by atoms with Gasteiger partial charge in [0.15, 0.2) is 9.84 Å². The zero-order valence-electron chi connectivity index (χ0n) is 24.0. The van der Waals surface area contributed by atoms with Gasteiger partial charge in [-0.25, -0.2) is 8.42 Å². The zero-order valence-corrected chi connectivity index (χ0v) is 24.8. The van der Waals surface area contributed by atoms with E-state index in [4.69, 9.17) is 4.74 Å². The van der Waals surface area contributed by atoms with E-state index in [2.05, 4.69) is 28.0 Å². The summed E-state index contributed by atoms with van der Waals surface area (Å²) in [6, 6.07) is 20.5. The highest BCUT2D eigenvalue weighted by molar-refractivity contribution is 7.92. The summed E-state index contributed by atoms with van der Waals surface area (Å²) in [5.41, 5.74) is 1.50. The third-order valence-corrected chi connectivity index (χ3v) is 12.3. The molecule has 4 aliphatic rings. The minimum Gasteiger partial charge on any atom is -0.462 e. The Morgan fingerprint density at radius 3 is 2.27 bits per heavy atom. The highest BCUT2D eigenvalue weighted by atomic mass is 32.2. The standard InChI is InChI=1S/C33H41N3O4S/c1-24(37)40-32-9-5-8-31(32)33(23-34,26-6-3-2-4-7-26)27-16-18-35(19-17-27)20-25-21-36(22-25)28-10-12-29(13-11-28)41(38,39)30-14-15-30/h2-4,6-7,10-13,25,27,30-32H,5,8-9,14-22H2,1H3. The van der Waals surface area contributed by atoms with Gasteiger partial charge >= 0.3 is 5.97 Å². The van der Waals surface area contributed by atoms with Crippen LogP contribution in [0.3, 0.4) is 0 Å². The molecule has 2 aliphatic heterocycles. The molecule has 0 bridgehead atoms. The minimum atomic E-state index is -3.14. The Morgan fingerprint density at radius 1 is 0.976 bits per heavy atom. The van der Waals surface area contributed by atoms with Crippen molar-refractivity contribution in [3.63, 3.8) is 0 Å². The summed E-state index contributed by atoms with van der Waals surface area (Å²) in [4.78, 5) is 17.2. The third kappa shape index (κ3) is 5.51. The molecule has 7 nitrogen and oxygen atoms in total. The number of nitriles is 1. The van der Waals surface area contributed by atoms with Crippen LogP contribution in [0.4, 0.5) is 5.69 Å². The number of esters is 1. The van der Waals surface area contributed by atoms with Crippen LogP contribution in [0.1, 0.15) is 57.4 Å². The molecule has 0 radical (unpaired) electrons. The number of ether oxygens (including phenoxy) is 1. The molecule has 41 heavy (non-hydrogen) atoms. The lowest BCUT2D eigenvalue weighted by Gasteiger charge is -2.48. The van der Waals surface area contributed by atoms with Gasteiger partial charge in [0.2, 0.25) is 0 Å². The van der Waals surface area contributed by atoms with E-state index in [1.807, 2.05) is 30.3 Å². The van der Waals surface area contributed by atoms with Gasteiger partial charge in [-0.15, -0.1) is 0 Å². The number of nitrogens with zero attached hydrogens (tertiary/aromatic N) is 3. The van der Waals surface area contributed by atoms with E-state index < -0.39 is 15.3 Å². The van der Waals surface area contributed by atoms with Gasteiger partial charge in [0, 0.05) is 44.1 Å². The van der Waals surface area contributed by atoms with Crippen LogP contribution in [-0.4, -0.2) is 63.4 Å². The van der Waals surface area contributed by atoms with Gasteiger partial charge in [-0.05, 0) is 93.8 Å². The van der Waals surface area contributed by atoms with Gasteiger partial charge in [0.05, 0.1) is 21.6 Å². The van der Waals surface area contributed by atoms with Gasteiger partial charge in [-0.2, -0.15) is 5.26 Å². The maximum atomic E-state index is 12.5. The molecule has 0 spiro atoms. The van der Waals surface area contributed by atoms with E-state index in [0.29, 0.717) is 10.8 Å². The van der Waals surface area contributed by atoms with E-state index in [1.165, 1.54) is 6.92 Å². The van der Waals surface area contributed by atoms with Gasteiger partial charge < -0.3 is 14.5 Å². The Balaban J connectivity index is 1.07. The van der Waals surface area contributed by atoms with Crippen molar-refractivity contribution in [3.05, 3.63) is 60.2 Å². The first-order valence-electron chi connectivity index (χ1n) is 15.3. The lowest BCUT2D eigenvalue weighted by Crippen LogP contribution is -2.54. The Hall–Kier alpha value is -2.89. The highest BCUT2D eigenvalue weighted by Crippen LogP contribution is 2.51. The van der Waals surface area contributed by atoms with E-state index >= 15 is 0 Å². The molecule has 2 aromatic carbocycles. The first-order valence-corrected chi connectivity index (χ1v) is 16.8. The van der Waals surface area contributed by atoms with Crippen LogP contribution in [0.25, 0.3) is 0 Å². The first kappa shape index (κ1) is 28.2. The summed E-state index contributed by atoms with van der Waals surface area (Å²) in [5.74, 6) is 0.557. The van der Waals surface area contributed by atoms with Gasteiger partial charge in [0.25, 0.3) is 0 Å². The van der Waals surface area contributed by atoms with Crippen molar-refractivity contribution in [3.8, 4) is 6.07 Å². The number of benzene rings is 2. The second-order valence-corrected chi connectivity index (χ2v) is 14.8. The predicted molar refractivity (Wildman–Crippen MR) is 158 cm³/mol. The SMILES string of the molecule is CC(=O)OC1CCCC1C(C#N)(c1ccccc1)C1CCN(CC2CN(c3ccc(S(=O)(=O)C4CC4)cc3)C2)CC1. The second kappa shape index (κ2) is 11.4. The monoisotopic (exact) mass is 575 g/mol. The summed E-state index contributed by atoms with van der Waals surface area (Å²) in [6.07, 6.45) is 6.01. The highest BCUT2D eigenvalue weighted by Gasteiger charge is 2.53. The van der Waals surface area contributed by atoms with Gasteiger partial charge in [-0.3, -0.25) is 4.79 Å². The summed E-state index contributed by atoms with van der Waals surface area (Å²) >= 11 is 0. The van der Waals surface area contributed by atoms with E-state index in [0.717, 1.165) is 88.9 Å². The average molecular weight is 576 g/mol. The quantitative estimate of drug-likeness (QED) is 0.390. The van der Waals surface area contributed by atoms with Crippen molar-refractivity contribution in [1.29, 1.82) is 5.26 Å². The Morgan fingerprint density at radius 2 is 1.66 bits per heavy atom. The fourth-order valence-electron chi connectivity index (χ4n) is 7.76. The van der Waals surface area contributed by atoms with Gasteiger partial charge in [-0.1, -0.05) is 30.3 Å². The van der Waals surface area contributed by atoms with Crippen molar-refractivity contribution < 1.29 is 17.9 Å². The predicted octanol–water partition coefficient (Wildman–Crippen LogP) is 4.96. The molecule has 2 aliphatic carbocycles. The number of piperidine rings is 1. The Kier molecular flexibility index (Phi) is 7.86. The molecule has 2 heterocycles. The summed E-state index contributed by atoms with van der Waals surface area (Å²) < 4.78 is 30.8. The van der Waals surface area contributed by atoms with Crippen molar-refractivity contribution in [1.82, 2.24) is 4.90 Å². The smallest absolute Gasteiger partial charge is 0.302 e. The zero-order chi connectivity index (χ0) is 28.6. The van der Waals surface area contributed by atoms with E-state index in [1.54, 1.807) is 12.1 Å². The minimum absolute atomic E-state index is 0.0150. The summed E-state index contributed by atoms with van der Waals surface area (Å²) in [7, 11) is -3.14. The number of anilines is 1. The average Bonchev–Trinajstić information content (AvgIpc) is 3.74. The maximum Gasteiger partial charge on any atom is 0.302 e. The lowest BCUT2D eigenvalue weighted by atomic mass is 9.59. The number of carbonyl (C=O) groups is 1. The molecule has 6 rings (SSSR count). The topological polar surface area (TPSA) is 90.7 Å². The normalized spacial score (nSPS) is 25.7. The molecule has 0 amide bonds. The van der Waals surface area contributed by atoms with Crippen LogP contribution in [0, 0.1) is 29.1 Å². The molecule has 4 fully saturated rings. The molecular formula is C33H41N3O4S. The number of hydrogen-bond donors (Lipinski definition) is 0. The summed E-state index contributed by atoms with van der Waals surface area (Å²) in [5, 5.41) is 10.7. The fourth-order valence-corrected chi connectivity index (χ4v) is 9.41. The van der Waals surface area contributed by atoms with Gasteiger partial charge in [0.1, 0.15) is 6.10 Å². The van der Waals surface area contributed by atoms with Crippen molar-refractivity contribution in [2.45, 2.75) is 73.5 Å². The molecule has 2 aromatic rings. The van der Waals surface area contributed by atoms with Crippen molar-refractivity contribution >= 4 is 21.5 Å². The van der Waals surface area contributed by atoms with Crippen LogP contribution in [0.5, 0.6) is 0 Å². The number of likely N-dealkylation sites (tertiary alicyclic amines) is 1. The number of carbonyl (C=O) groups excluding carboxylic acids is 1. The number of sulfone groups is 1. The van der Waals surface area contributed by atoms with Crippen LogP contribution < -0.4 is 4.90 Å². The molecule has 2 saturated heterocycles. The van der Waals surface area contributed by atoms with Crippen LogP contribution in [0.2, 0.25) is 0 Å². The number of hydrogen-bond acceptors (Lipinski definition) is 7. The molecule has 3 unspecified atom stereocenters. The van der Waals surface area contributed by atoms with Crippen LogP contribution in [-0.2, 0) is 24.8 Å². The molecular weight excluding hydrogens is 534 g/mol. The maximum absolute atomic E-state index is 12.5. The fraction of sp³-hybridized carbons (Fsp3) is 0.576. The van der Waals surface area contributed by atoms with Crippen molar-refractivity contribution in [2.75, 3.05) is 37.6 Å². The molecule has 0 aromatic heterocycles. The molecule has 218 valence electrons. The van der Waals surface area contributed by atoms with Crippen LogP contribution >= 0.6 is 0 Å². The molecule has 0 N–H and O–H groups in total. The Bertz CT molecular complexity index is 1370. The lowest BCUT2D eigenvalue weighted by molar-refractivity contribution is -0.149. The van der Waals surface area contributed by atoms with Crippen molar-refractivity contribution in [2.24, 2.45) is 17.8 Å². The Labute approximate surface area is 244 Å². The number of rotatable bonds is 9. The second-order valence-electron chi connectivity index (χ2n) is 12.6. The van der Waals surface area contributed by atoms with E-state index in [-0.39, 0.29) is 29.2 Å².